The van der Waals surface area contributed by atoms with Gasteiger partial charge in [0.25, 0.3) is 11.6 Å². The van der Waals surface area contributed by atoms with Gasteiger partial charge in [-0.1, -0.05) is 0 Å². The van der Waals surface area contributed by atoms with Crippen LogP contribution in [0.1, 0.15) is 29.6 Å². The number of hydrogen-bond acceptors (Lipinski definition) is 5. The molecule has 21 heavy (non-hydrogen) atoms. The molecule has 0 heterocycles. The highest BCUT2D eigenvalue weighted by Gasteiger charge is 2.20. The highest BCUT2D eigenvalue weighted by Crippen LogP contribution is 2.22. The molecule has 0 fully saturated rings. The van der Waals surface area contributed by atoms with Crippen LogP contribution in [-0.4, -0.2) is 38.1 Å². The second-order valence-corrected chi connectivity index (χ2v) is 4.55. The minimum Gasteiger partial charge on any atom is -0.388 e. The molecule has 1 rings (SSSR count). The number of carbonyl (C=O) groups excluding carboxylic acids is 1. The van der Waals surface area contributed by atoms with Crippen LogP contribution in [0.2, 0.25) is 0 Å². The number of nitrogens with one attached hydrogen (secondary N) is 2. The molecule has 1 amide bonds. The van der Waals surface area contributed by atoms with E-state index in [1.165, 1.54) is 12.1 Å². The lowest BCUT2D eigenvalue weighted by Gasteiger charge is -2.08. The van der Waals surface area contributed by atoms with Crippen molar-refractivity contribution in [2.24, 2.45) is 0 Å². The van der Waals surface area contributed by atoms with Crippen molar-refractivity contribution in [2.45, 2.75) is 19.3 Å². The fourth-order valence-electron chi connectivity index (χ4n) is 1.88. The van der Waals surface area contributed by atoms with E-state index in [4.69, 9.17) is 4.74 Å². The van der Waals surface area contributed by atoms with Gasteiger partial charge in [-0.2, -0.15) is 0 Å². The van der Waals surface area contributed by atoms with Crippen LogP contribution in [0.25, 0.3) is 0 Å². The van der Waals surface area contributed by atoms with Gasteiger partial charge >= 0.3 is 0 Å². The summed E-state index contributed by atoms with van der Waals surface area (Å²) in [5.41, 5.74) is 0.542. The van der Waals surface area contributed by atoms with Crippen molar-refractivity contribution in [2.75, 3.05) is 32.6 Å². The molecule has 0 saturated carbocycles. The monoisotopic (exact) mass is 295 g/mol. The molecule has 0 saturated heterocycles. The first-order valence-corrected chi connectivity index (χ1v) is 6.83. The highest BCUT2D eigenvalue weighted by atomic mass is 16.6. The minimum atomic E-state index is -0.549. The number of unbranched alkanes of at least 4 members (excludes halogenated alkanes) is 2. The average Bonchev–Trinajstić information content (AvgIpc) is 2.49. The molecule has 0 bridgehead atoms. The first kappa shape index (κ1) is 16.9. The quantitative estimate of drug-likeness (QED) is 0.414. The van der Waals surface area contributed by atoms with E-state index in [2.05, 4.69) is 10.6 Å². The summed E-state index contributed by atoms with van der Waals surface area (Å²) in [5, 5.41) is 16.5. The van der Waals surface area contributed by atoms with E-state index in [0.717, 1.165) is 19.3 Å². The standard InChI is InChI=1S/C14H21N3O4/c1-15-11-6-7-13(17(19)20)12(10-11)14(18)16-8-4-3-5-9-21-2/h6-7,10,15H,3-5,8-9H2,1-2H3,(H,16,18). The van der Waals surface area contributed by atoms with Gasteiger partial charge in [-0.25, -0.2) is 0 Å². The maximum absolute atomic E-state index is 12.1. The summed E-state index contributed by atoms with van der Waals surface area (Å²) < 4.78 is 4.94. The van der Waals surface area contributed by atoms with Gasteiger partial charge in [0.15, 0.2) is 0 Å². The maximum atomic E-state index is 12.1. The van der Waals surface area contributed by atoms with Crippen molar-refractivity contribution in [1.29, 1.82) is 0 Å². The van der Waals surface area contributed by atoms with Crippen molar-refractivity contribution in [3.05, 3.63) is 33.9 Å². The fraction of sp³-hybridized carbons (Fsp3) is 0.500. The van der Waals surface area contributed by atoms with Crippen molar-refractivity contribution < 1.29 is 14.5 Å². The molecule has 0 aliphatic heterocycles. The SMILES string of the molecule is CNc1ccc([N+](=O)[O-])c(C(=O)NCCCCCOC)c1. The Hall–Kier alpha value is -2.15. The van der Waals surface area contributed by atoms with E-state index in [-0.39, 0.29) is 11.3 Å². The number of anilines is 1. The largest absolute Gasteiger partial charge is 0.388 e. The second-order valence-electron chi connectivity index (χ2n) is 4.55. The van der Waals surface area contributed by atoms with Crippen LogP contribution in [0.15, 0.2) is 18.2 Å². The maximum Gasteiger partial charge on any atom is 0.282 e. The third-order valence-corrected chi connectivity index (χ3v) is 3.04. The topological polar surface area (TPSA) is 93.5 Å². The van der Waals surface area contributed by atoms with E-state index in [1.807, 2.05) is 0 Å². The first-order valence-electron chi connectivity index (χ1n) is 6.83. The number of methoxy groups -OCH3 is 1. The Morgan fingerprint density at radius 1 is 1.33 bits per heavy atom. The van der Waals surface area contributed by atoms with Crippen LogP contribution in [0.5, 0.6) is 0 Å². The zero-order valence-corrected chi connectivity index (χ0v) is 12.3. The number of carbonyl (C=O) groups is 1. The highest BCUT2D eigenvalue weighted by molar-refractivity contribution is 5.99. The molecule has 0 aromatic heterocycles. The number of amides is 1. The van der Waals surface area contributed by atoms with Crippen molar-refractivity contribution in [1.82, 2.24) is 5.32 Å². The lowest BCUT2D eigenvalue weighted by atomic mass is 10.1. The third kappa shape index (κ3) is 5.39. The molecular formula is C14H21N3O4. The molecular weight excluding hydrogens is 274 g/mol. The second kappa shape index (κ2) is 8.91. The number of ether oxygens (including phenoxy) is 1. The Kier molecular flexibility index (Phi) is 7.17. The number of rotatable bonds is 9. The van der Waals surface area contributed by atoms with Gasteiger partial charge in [0.1, 0.15) is 5.56 Å². The van der Waals surface area contributed by atoms with Crippen LogP contribution < -0.4 is 10.6 Å². The van der Waals surface area contributed by atoms with Gasteiger partial charge in [0, 0.05) is 39.1 Å². The lowest BCUT2D eigenvalue weighted by molar-refractivity contribution is -0.385. The van der Waals surface area contributed by atoms with Crippen LogP contribution in [0, 0.1) is 10.1 Å². The average molecular weight is 295 g/mol. The molecule has 0 unspecified atom stereocenters. The molecule has 0 aliphatic rings. The molecule has 1 aromatic carbocycles. The molecule has 1 aromatic rings. The predicted octanol–water partition coefficient (Wildman–Crippen LogP) is 2.18. The van der Waals surface area contributed by atoms with Gasteiger partial charge in [-0.05, 0) is 31.4 Å². The molecule has 0 radical (unpaired) electrons. The van der Waals surface area contributed by atoms with Gasteiger partial charge < -0.3 is 15.4 Å². The zero-order chi connectivity index (χ0) is 15.7. The number of nitrogens with zero attached hydrogens (tertiary/aromatic N) is 1. The molecule has 2 N–H and O–H groups in total. The van der Waals surface area contributed by atoms with Gasteiger partial charge in [-0.3, -0.25) is 14.9 Å². The van der Waals surface area contributed by atoms with Gasteiger partial charge in [-0.15, -0.1) is 0 Å². The molecule has 7 heteroatoms. The van der Waals surface area contributed by atoms with Crippen molar-refractivity contribution in [3.63, 3.8) is 0 Å². The minimum absolute atomic E-state index is 0.0729. The smallest absolute Gasteiger partial charge is 0.282 e. The van der Waals surface area contributed by atoms with Crippen LogP contribution in [0.3, 0.4) is 0 Å². The van der Waals surface area contributed by atoms with Crippen molar-refractivity contribution >= 4 is 17.3 Å². The van der Waals surface area contributed by atoms with Gasteiger partial charge in [0.05, 0.1) is 4.92 Å². The number of nitro benzene ring substituents is 1. The van der Waals surface area contributed by atoms with E-state index in [0.29, 0.717) is 18.8 Å². The predicted molar refractivity (Wildman–Crippen MR) is 80.7 cm³/mol. The normalized spacial score (nSPS) is 10.2. The Balaban J connectivity index is 2.61. The Morgan fingerprint density at radius 2 is 2.10 bits per heavy atom. The Labute approximate surface area is 123 Å². The number of hydrogen-bond donors (Lipinski definition) is 2. The third-order valence-electron chi connectivity index (χ3n) is 3.04. The summed E-state index contributed by atoms with van der Waals surface area (Å²) >= 11 is 0. The number of benzene rings is 1. The summed E-state index contributed by atoms with van der Waals surface area (Å²) in [4.78, 5) is 22.5. The molecule has 0 aliphatic carbocycles. The summed E-state index contributed by atoms with van der Waals surface area (Å²) in [6.07, 6.45) is 2.68. The molecule has 0 atom stereocenters. The Morgan fingerprint density at radius 3 is 2.71 bits per heavy atom. The van der Waals surface area contributed by atoms with E-state index in [9.17, 15) is 14.9 Å². The summed E-state index contributed by atoms with van der Waals surface area (Å²) in [6.45, 7) is 1.19. The lowest BCUT2D eigenvalue weighted by Crippen LogP contribution is -2.25. The fourth-order valence-corrected chi connectivity index (χ4v) is 1.88. The van der Waals surface area contributed by atoms with Crippen molar-refractivity contribution in [3.8, 4) is 0 Å². The summed E-state index contributed by atoms with van der Waals surface area (Å²) in [7, 11) is 3.34. The van der Waals surface area contributed by atoms with E-state index >= 15 is 0 Å². The molecule has 7 nitrogen and oxygen atoms in total. The Bertz CT molecular complexity index is 491. The molecule has 116 valence electrons. The van der Waals surface area contributed by atoms with Crippen LogP contribution >= 0.6 is 0 Å². The van der Waals surface area contributed by atoms with Crippen LogP contribution in [-0.2, 0) is 4.74 Å². The van der Waals surface area contributed by atoms with E-state index in [1.54, 1.807) is 20.2 Å². The summed E-state index contributed by atoms with van der Waals surface area (Å²) in [5.74, 6) is -0.425. The van der Waals surface area contributed by atoms with E-state index < -0.39 is 10.8 Å². The molecule has 0 spiro atoms. The zero-order valence-electron chi connectivity index (χ0n) is 12.3. The van der Waals surface area contributed by atoms with Crippen LogP contribution in [0.4, 0.5) is 11.4 Å². The number of nitro groups is 1. The van der Waals surface area contributed by atoms with Gasteiger partial charge in [0.2, 0.25) is 0 Å². The summed E-state index contributed by atoms with van der Waals surface area (Å²) in [6, 6.07) is 4.39. The first-order chi connectivity index (χ1) is 10.1.